The first-order valence-corrected chi connectivity index (χ1v) is 4.79. The molecule has 1 aromatic rings. The summed E-state index contributed by atoms with van der Waals surface area (Å²) in [4.78, 5) is 0. The lowest BCUT2D eigenvalue weighted by molar-refractivity contribution is 0.146. The van der Waals surface area contributed by atoms with Gasteiger partial charge in [-0.2, -0.15) is 0 Å². The average Bonchev–Trinajstić information content (AvgIpc) is 2.28. The van der Waals surface area contributed by atoms with Gasteiger partial charge in [-0.05, 0) is 12.1 Å². The number of methoxy groups -OCH3 is 1. The van der Waals surface area contributed by atoms with Crippen LogP contribution < -0.4 is 4.74 Å². The van der Waals surface area contributed by atoms with E-state index < -0.39 is 5.82 Å². The monoisotopic (exact) mass is 224 g/mol. The van der Waals surface area contributed by atoms with E-state index in [4.69, 9.17) is 14.6 Å². The van der Waals surface area contributed by atoms with Gasteiger partial charge in [0, 0.05) is 13.2 Å². The Bertz CT molecular complexity index is 393. The van der Waals surface area contributed by atoms with Crippen LogP contribution in [0, 0.1) is 17.7 Å². The second-order valence-corrected chi connectivity index (χ2v) is 2.94. The zero-order chi connectivity index (χ0) is 11.8. The van der Waals surface area contributed by atoms with E-state index in [9.17, 15) is 4.39 Å². The number of rotatable bonds is 4. The van der Waals surface area contributed by atoms with E-state index in [0.29, 0.717) is 19.0 Å². The third-order valence-corrected chi connectivity index (χ3v) is 1.80. The quantitative estimate of drug-likeness (QED) is 0.617. The molecule has 0 aliphatic carbocycles. The Labute approximate surface area is 93.8 Å². The van der Waals surface area contributed by atoms with Crippen molar-refractivity contribution in [3.8, 4) is 17.6 Å². The van der Waals surface area contributed by atoms with E-state index in [1.165, 1.54) is 12.1 Å². The molecule has 0 aliphatic heterocycles. The smallest absolute Gasteiger partial charge is 0.142 e. The number of hydrogen-bond donors (Lipinski definition) is 1. The van der Waals surface area contributed by atoms with E-state index in [1.807, 2.05) is 0 Å². The van der Waals surface area contributed by atoms with E-state index in [-0.39, 0.29) is 12.2 Å². The van der Waals surface area contributed by atoms with Crippen molar-refractivity contribution >= 4 is 0 Å². The van der Waals surface area contributed by atoms with Crippen molar-refractivity contribution in [2.24, 2.45) is 0 Å². The fourth-order valence-electron chi connectivity index (χ4n) is 1.06. The van der Waals surface area contributed by atoms with Crippen LogP contribution in [0.15, 0.2) is 18.2 Å². The molecule has 0 spiro atoms. The van der Waals surface area contributed by atoms with Crippen molar-refractivity contribution < 1.29 is 19.0 Å². The highest BCUT2D eigenvalue weighted by Gasteiger charge is 2.01. The summed E-state index contributed by atoms with van der Waals surface area (Å²) in [5, 5.41) is 8.48. The van der Waals surface area contributed by atoms with Crippen molar-refractivity contribution in [1.29, 1.82) is 0 Å². The molecule has 0 unspecified atom stereocenters. The molecule has 0 amide bonds. The molecule has 16 heavy (non-hydrogen) atoms. The van der Waals surface area contributed by atoms with Crippen LogP contribution in [-0.4, -0.2) is 32.0 Å². The predicted octanol–water partition coefficient (Wildman–Crippen LogP) is 1.19. The molecule has 0 saturated carbocycles. The Morgan fingerprint density at radius 1 is 1.38 bits per heavy atom. The van der Waals surface area contributed by atoms with Crippen molar-refractivity contribution in [2.75, 3.05) is 26.9 Å². The summed E-state index contributed by atoms with van der Waals surface area (Å²) in [6.07, 6.45) is 0. The second-order valence-electron chi connectivity index (χ2n) is 2.94. The zero-order valence-corrected chi connectivity index (χ0v) is 9.00. The van der Waals surface area contributed by atoms with Crippen LogP contribution in [0.3, 0.4) is 0 Å². The summed E-state index contributed by atoms with van der Waals surface area (Å²) in [5.41, 5.74) is 0.244. The molecule has 0 bridgehead atoms. The molecule has 0 heterocycles. The van der Waals surface area contributed by atoms with Crippen LogP contribution in [0.4, 0.5) is 4.39 Å². The maximum absolute atomic E-state index is 13.4. The molecule has 0 saturated heterocycles. The first-order valence-electron chi connectivity index (χ1n) is 4.79. The molecule has 0 aromatic heterocycles. The fraction of sp³-hybridized carbons (Fsp3) is 0.333. The number of benzene rings is 1. The van der Waals surface area contributed by atoms with Crippen LogP contribution in [0.5, 0.6) is 5.75 Å². The van der Waals surface area contributed by atoms with Crippen molar-refractivity contribution in [1.82, 2.24) is 0 Å². The van der Waals surface area contributed by atoms with Crippen LogP contribution >= 0.6 is 0 Å². The number of ether oxygens (including phenoxy) is 2. The summed E-state index contributed by atoms with van der Waals surface area (Å²) in [5.74, 6) is 4.86. The highest BCUT2D eigenvalue weighted by atomic mass is 19.1. The molecule has 3 nitrogen and oxygen atoms in total. The number of hydrogen-bond acceptors (Lipinski definition) is 3. The maximum Gasteiger partial charge on any atom is 0.142 e. The lowest BCUT2D eigenvalue weighted by atomic mass is 10.2. The lowest BCUT2D eigenvalue weighted by Crippen LogP contribution is -2.04. The molecule has 1 aromatic carbocycles. The third kappa shape index (κ3) is 3.89. The van der Waals surface area contributed by atoms with Gasteiger partial charge in [0.15, 0.2) is 0 Å². The standard InChI is InChI=1S/C12H13FO3/c1-15-7-8-16-11-5-4-10(3-2-6-14)12(13)9-11/h4-5,9,14H,6-8H2,1H3. The molecule has 0 fully saturated rings. The van der Waals surface area contributed by atoms with Crippen molar-refractivity contribution in [2.45, 2.75) is 0 Å². The summed E-state index contributed by atoms with van der Waals surface area (Å²) < 4.78 is 23.4. The van der Waals surface area contributed by atoms with E-state index in [2.05, 4.69) is 11.8 Å². The molecule has 86 valence electrons. The van der Waals surface area contributed by atoms with E-state index >= 15 is 0 Å². The minimum absolute atomic E-state index is 0.244. The van der Waals surface area contributed by atoms with Gasteiger partial charge in [-0.25, -0.2) is 4.39 Å². The minimum Gasteiger partial charge on any atom is -0.491 e. The van der Waals surface area contributed by atoms with Gasteiger partial charge in [0.05, 0.1) is 12.2 Å². The van der Waals surface area contributed by atoms with Gasteiger partial charge in [0.25, 0.3) is 0 Å². The molecule has 0 aliphatic rings. The topological polar surface area (TPSA) is 38.7 Å². The van der Waals surface area contributed by atoms with Gasteiger partial charge in [-0.15, -0.1) is 0 Å². The normalized spacial score (nSPS) is 9.44. The number of aliphatic hydroxyl groups is 1. The van der Waals surface area contributed by atoms with Crippen LogP contribution in [0.1, 0.15) is 5.56 Å². The Kier molecular flexibility index (Phi) is 5.34. The van der Waals surface area contributed by atoms with Gasteiger partial charge < -0.3 is 14.6 Å². The van der Waals surface area contributed by atoms with Crippen LogP contribution in [-0.2, 0) is 4.74 Å². The van der Waals surface area contributed by atoms with Crippen molar-refractivity contribution in [3.63, 3.8) is 0 Å². The Balaban J connectivity index is 2.67. The summed E-state index contributed by atoms with van der Waals surface area (Å²) in [7, 11) is 1.57. The van der Waals surface area contributed by atoms with Gasteiger partial charge >= 0.3 is 0 Å². The average molecular weight is 224 g/mol. The van der Waals surface area contributed by atoms with Crippen LogP contribution in [0.25, 0.3) is 0 Å². The first kappa shape index (κ1) is 12.5. The number of aliphatic hydroxyl groups excluding tert-OH is 1. The lowest BCUT2D eigenvalue weighted by Gasteiger charge is -2.05. The molecule has 0 atom stereocenters. The minimum atomic E-state index is -0.462. The molecular weight excluding hydrogens is 211 g/mol. The van der Waals surface area contributed by atoms with Gasteiger partial charge in [0.2, 0.25) is 0 Å². The maximum atomic E-state index is 13.4. The van der Waals surface area contributed by atoms with Crippen molar-refractivity contribution in [3.05, 3.63) is 29.6 Å². The largest absolute Gasteiger partial charge is 0.491 e. The highest BCUT2D eigenvalue weighted by Crippen LogP contribution is 2.15. The zero-order valence-electron chi connectivity index (χ0n) is 9.00. The number of halogens is 1. The first-order chi connectivity index (χ1) is 7.77. The highest BCUT2D eigenvalue weighted by molar-refractivity contribution is 5.39. The molecule has 1 rings (SSSR count). The second kappa shape index (κ2) is 6.83. The predicted molar refractivity (Wildman–Crippen MR) is 57.7 cm³/mol. The summed E-state index contributed by atoms with van der Waals surface area (Å²) in [6.45, 7) is 0.539. The summed E-state index contributed by atoms with van der Waals surface area (Å²) >= 11 is 0. The van der Waals surface area contributed by atoms with E-state index in [0.717, 1.165) is 0 Å². The molecule has 4 heteroatoms. The third-order valence-electron chi connectivity index (χ3n) is 1.80. The Hall–Kier alpha value is -1.57. The van der Waals surface area contributed by atoms with Gasteiger partial charge in [0.1, 0.15) is 24.8 Å². The van der Waals surface area contributed by atoms with Gasteiger partial charge in [-0.3, -0.25) is 0 Å². The molecule has 0 radical (unpaired) electrons. The fourth-order valence-corrected chi connectivity index (χ4v) is 1.06. The van der Waals surface area contributed by atoms with E-state index in [1.54, 1.807) is 13.2 Å². The van der Waals surface area contributed by atoms with Crippen LogP contribution in [0.2, 0.25) is 0 Å². The summed E-state index contributed by atoms with van der Waals surface area (Å²) in [6, 6.07) is 4.40. The van der Waals surface area contributed by atoms with Gasteiger partial charge in [-0.1, -0.05) is 11.8 Å². The molecule has 1 N–H and O–H groups in total. The Morgan fingerprint density at radius 2 is 2.19 bits per heavy atom. The Morgan fingerprint density at radius 3 is 2.81 bits per heavy atom. The SMILES string of the molecule is COCCOc1ccc(C#CCO)c(F)c1. The molecular formula is C12H13FO3.